The van der Waals surface area contributed by atoms with Crippen LogP contribution in [0.3, 0.4) is 0 Å². The lowest BCUT2D eigenvalue weighted by atomic mass is 10.1. The minimum Gasteiger partial charge on any atom is -0.351 e. The van der Waals surface area contributed by atoms with Gasteiger partial charge >= 0.3 is 0 Å². The van der Waals surface area contributed by atoms with Crippen LogP contribution in [0.1, 0.15) is 33.5 Å². The van der Waals surface area contributed by atoms with Crippen LogP contribution in [0.15, 0.2) is 42.5 Å². The third-order valence-electron chi connectivity index (χ3n) is 4.07. The van der Waals surface area contributed by atoms with Crippen LogP contribution >= 0.6 is 11.6 Å². The number of hydrogen-bond acceptors (Lipinski definition) is 2. The maximum absolute atomic E-state index is 12.3. The van der Waals surface area contributed by atoms with Crippen molar-refractivity contribution in [3.8, 4) is 0 Å². The van der Waals surface area contributed by atoms with Crippen LogP contribution in [-0.4, -0.2) is 30.3 Å². The largest absolute Gasteiger partial charge is 0.351 e. The molecule has 0 saturated carbocycles. The first kappa shape index (κ1) is 19.0. The highest BCUT2D eigenvalue weighted by atomic mass is 35.5. The highest BCUT2D eigenvalue weighted by Gasteiger charge is 2.13. The van der Waals surface area contributed by atoms with Crippen molar-refractivity contribution in [2.24, 2.45) is 0 Å². The molecule has 25 heavy (non-hydrogen) atoms. The first-order valence-electron chi connectivity index (χ1n) is 8.21. The predicted molar refractivity (Wildman–Crippen MR) is 101 cm³/mol. The number of nitrogens with zero attached hydrogens (tertiary/aromatic N) is 1. The Bertz CT molecular complexity index is 774. The van der Waals surface area contributed by atoms with E-state index >= 15 is 0 Å². The third-order valence-corrected chi connectivity index (χ3v) is 4.40. The number of nitrogens with one attached hydrogen (secondary N) is 1. The normalized spacial score (nSPS) is 10.4. The van der Waals surface area contributed by atoms with E-state index in [1.165, 1.54) is 11.1 Å². The molecule has 0 unspecified atom stereocenters. The maximum Gasteiger partial charge on any atom is 0.252 e. The molecule has 1 N–H and O–H groups in total. The molecule has 2 aromatic carbocycles. The molecule has 0 aromatic heterocycles. The second kappa shape index (κ2) is 8.67. The number of amides is 2. The van der Waals surface area contributed by atoms with Crippen molar-refractivity contribution in [3.05, 3.63) is 69.7 Å². The second-order valence-electron chi connectivity index (χ2n) is 6.17. The van der Waals surface area contributed by atoms with Crippen molar-refractivity contribution < 1.29 is 9.59 Å². The number of benzene rings is 2. The second-order valence-corrected chi connectivity index (χ2v) is 6.57. The lowest BCUT2D eigenvalue weighted by Gasteiger charge is -2.19. The molecule has 2 aromatic rings. The number of hydrogen-bond donors (Lipinski definition) is 1. The number of carbonyl (C=O) groups is 2. The highest BCUT2D eigenvalue weighted by Crippen LogP contribution is 2.15. The van der Waals surface area contributed by atoms with Crippen molar-refractivity contribution in [1.29, 1.82) is 0 Å². The summed E-state index contributed by atoms with van der Waals surface area (Å²) in [7, 11) is 1.78. The van der Waals surface area contributed by atoms with Gasteiger partial charge in [-0.25, -0.2) is 0 Å². The number of carbonyl (C=O) groups excluding carboxylic acids is 2. The van der Waals surface area contributed by atoms with Gasteiger partial charge in [0, 0.05) is 26.6 Å². The smallest absolute Gasteiger partial charge is 0.252 e. The van der Waals surface area contributed by atoms with Gasteiger partial charge in [-0.3, -0.25) is 9.59 Å². The Balaban J connectivity index is 1.83. The van der Waals surface area contributed by atoms with E-state index in [-0.39, 0.29) is 24.8 Å². The Hall–Kier alpha value is -2.33. The van der Waals surface area contributed by atoms with Crippen LogP contribution < -0.4 is 5.32 Å². The van der Waals surface area contributed by atoms with Gasteiger partial charge in [-0.1, -0.05) is 47.5 Å². The molecule has 0 spiro atoms. The number of halogens is 1. The van der Waals surface area contributed by atoms with E-state index in [2.05, 4.69) is 11.4 Å². The average molecular weight is 359 g/mol. The molecular formula is C20H23ClN2O2. The Morgan fingerprint density at radius 3 is 2.52 bits per heavy atom. The van der Waals surface area contributed by atoms with Gasteiger partial charge in [0.25, 0.3) is 5.91 Å². The third kappa shape index (κ3) is 5.33. The summed E-state index contributed by atoms with van der Waals surface area (Å²) in [6.07, 6.45) is 0.248. The maximum atomic E-state index is 12.3. The lowest BCUT2D eigenvalue weighted by Crippen LogP contribution is -2.32. The molecular weight excluding hydrogens is 336 g/mol. The molecule has 2 amide bonds. The molecule has 2 rings (SSSR count). The molecule has 0 heterocycles. The first-order chi connectivity index (χ1) is 11.9. The summed E-state index contributed by atoms with van der Waals surface area (Å²) in [6.45, 7) is 4.93. The van der Waals surface area contributed by atoms with Gasteiger partial charge in [-0.15, -0.1) is 0 Å². The zero-order valence-corrected chi connectivity index (χ0v) is 15.6. The van der Waals surface area contributed by atoms with E-state index in [9.17, 15) is 9.59 Å². The predicted octanol–water partition coefficient (Wildman–Crippen LogP) is 3.74. The van der Waals surface area contributed by atoms with Gasteiger partial charge < -0.3 is 10.2 Å². The monoisotopic (exact) mass is 358 g/mol. The summed E-state index contributed by atoms with van der Waals surface area (Å²) >= 11 is 5.99. The van der Waals surface area contributed by atoms with Gasteiger partial charge in [-0.2, -0.15) is 0 Å². The molecule has 0 bridgehead atoms. The lowest BCUT2D eigenvalue weighted by molar-refractivity contribution is -0.130. The van der Waals surface area contributed by atoms with Crippen molar-refractivity contribution in [2.75, 3.05) is 13.6 Å². The Morgan fingerprint density at radius 1 is 1.12 bits per heavy atom. The fourth-order valence-corrected chi connectivity index (χ4v) is 2.80. The zero-order chi connectivity index (χ0) is 18.4. The Morgan fingerprint density at radius 2 is 1.84 bits per heavy atom. The minimum absolute atomic E-state index is 0.0144. The molecule has 132 valence electrons. The first-order valence-corrected chi connectivity index (χ1v) is 8.59. The van der Waals surface area contributed by atoms with Crippen molar-refractivity contribution in [1.82, 2.24) is 10.2 Å². The molecule has 0 fully saturated rings. The van der Waals surface area contributed by atoms with E-state index in [4.69, 9.17) is 11.6 Å². The summed E-state index contributed by atoms with van der Waals surface area (Å²) < 4.78 is 0. The van der Waals surface area contributed by atoms with E-state index in [0.29, 0.717) is 17.1 Å². The summed E-state index contributed by atoms with van der Waals surface area (Å²) in [6, 6.07) is 13.1. The van der Waals surface area contributed by atoms with Crippen molar-refractivity contribution >= 4 is 23.4 Å². The molecule has 0 radical (unpaired) electrons. The van der Waals surface area contributed by atoms with Crippen LogP contribution in [0.25, 0.3) is 0 Å². The van der Waals surface area contributed by atoms with Crippen LogP contribution in [-0.2, 0) is 11.3 Å². The molecule has 0 atom stereocenters. The Labute approximate surface area is 153 Å². The summed E-state index contributed by atoms with van der Waals surface area (Å²) in [5.41, 5.74) is 3.92. The average Bonchev–Trinajstić information content (AvgIpc) is 2.57. The molecule has 0 aliphatic carbocycles. The molecule has 0 aliphatic rings. The summed E-state index contributed by atoms with van der Waals surface area (Å²) in [4.78, 5) is 26.0. The van der Waals surface area contributed by atoms with E-state index in [0.717, 1.165) is 5.56 Å². The fraction of sp³-hybridized carbons (Fsp3) is 0.300. The molecule has 0 aliphatic heterocycles. The van der Waals surface area contributed by atoms with Crippen molar-refractivity contribution in [2.45, 2.75) is 26.8 Å². The van der Waals surface area contributed by atoms with Crippen molar-refractivity contribution in [3.63, 3.8) is 0 Å². The summed E-state index contributed by atoms with van der Waals surface area (Å²) in [5, 5.41) is 3.14. The Kier molecular flexibility index (Phi) is 6.59. The molecule has 0 saturated heterocycles. The topological polar surface area (TPSA) is 49.4 Å². The van der Waals surface area contributed by atoms with Gasteiger partial charge in [0.2, 0.25) is 5.91 Å². The van der Waals surface area contributed by atoms with E-state index in [1.54, 1.807) is 36.2 Å². The quantitative estimate of drug-likeness (QED) is 0.855. The SMILES string of the molecule is Cc1ccc(CN(C)C(=O)CCNC(=O)c2ccccc2Cl)c(C)c1. The van der Waals surface area contributed by atoms with Gasteiger partial charge in [-0.05, 0) is 37.1 Å². The molecule has 4 nitrogen and oxygen atoms in total. The highest BCUT2D eigenvalue weighted by molar-refractivity contribution is 6.33. The zero-order valence-electron chi connectivity index (χ0n) is 14.8. The van der Waals surface area contributed by atoms with Gasteiger partial charge in [0.05, 0.1) is 10.6 Å². The van der Waals surface area contributed by atoms with Gasteiger partial charge in [0.15, 0.2) is 0 Å². The minimum atomic E-state index is -0.268. The van der Waals surface area contributed by atoms with Crippen LogP contribution in [0.2, 0.25) is 5.02 Å². The van der Waals surface area contributed by atoms with Gasteiger partial charge in [0.1, 0.15) is 0 Å². The fourth-order valence-electron chi connectivity index (χ4n) is 2.58. The number of rotatable bonds is 6. The number of aryl methyl sites for hydroxylation is 2. The standard InChI is InChI=1S/C20H23ClN2O2/c1-14-8-9-16(15(2)12-14)13-23(3)19(24)10-11-22-20(25)17-6-4-5-7-18(17)21/h4-9,12H,10-11,13H2,1-3H3,(H,22,25). The van der Waals surface area contributed by atoms with Crippen LogP contribution in [0, 0.1) is 13.8 Å². The van der Waals surface area contributed by atoms with Crippen LogP contribution in [0.5, 0.6) is 0 Å². The van der Waals surface area contributed by atoms with Crippen LogP contribution in [0.4, 0.5) is 0 Å². The summed E-state index contributed by atoms with van der Waals surface area (Å²) in [5.74, 6) is -0.283. The van der Waals surface area contributed by atoms with E-state index < -0.39 is 0 Å². The van der Waals surface area contributed by atoms with E-state index in [1.807, 2.05) is 26.0 Å². The molecule has 5 heteroatoms.